The monoisotopic (exact) mass is 277 g/mol. The normalized spacial score (nSPS) is 17.6. The molecular weight excluding hydrogens is 262 g/mol. The Hall–Kier alpha value is -2.48. The Morgan fingerprint density at radius 2 is 2.20 bits per heavy atom. The maximum absolute atomic E-state index is 12.5. The number of nitrogens with zero attached hydrogens (tertiary/aromatic N) is 2. The maximum atomic E-state index is 12.5. The highest BCUT2D eigenvalue weighted by Gasteiger charge is 2.44. The van der Waals surface area contributed by atoms with E-state index in [-0.39, 0.29) is 12.1 Å². The van der Waals surface area contributed by atoms with Gasteiger partial charge in [-0.15, -0.1) is 0 Å². The predicted molar refractivity (Wildman–Crippen MR) is 70.3 cm³/mol. The summed E-state index contributed by atoms with van der Waals surface area (Å²) in [4.78, 5) is 40.9. The number of carbonyl (C=O) groups excluding carboxylic acids is 3. The first-order valence-electron chi connectivity index (χ1n) is 5.95. The molecule has 0 unspecified atom stereocenters. The number of piperazine rings is 1. The number of amides is 3. The van der Waals surface area contributed by atoms with Crippen molar-refractivity contribution in [1.29, 1.82) is 0 Å². The van der Waals surface area contributed by atoms with Gasteiger partial charge in [0.25, 0.3) is 11.8 Å². The largest absolute Gasteiger partial charge is 0.323 e. The fraction of sp³-hybridized carbons (Fsp3) is 0.333. The number of carbonyl (C=O) groups is 3. The fourth-order valence-electron chi connectivity index (χ4n) is 1.94. The zero-order valence-corrected chi connectivity index (χ0v) is 11.1. The van der Waals surface area contributed by atoms with Gasteiger partial charge in [-0.2, -0.15) is 0 Å². The van der Waals surface area contributed by atoms with Gasteiger partial charge in [0, 0.05) is 12.4 Å². The molecule has 1 aromatic heterocycles. The van der Waals surface area contributed by atoms with Gasteiger partial charge in [-0.25, -0.2) is 0 Å². The Morgan fingerprint density at radius 1 is 1.50 bits per heavy atom. The third kappa shape index (κ3) is 2.21. The van der Waals surface area contributed by atoms with Crippen LogP contribution in [0.2, 0.25) is 0 Å². The first kappa shape index (κ1) is 13.9. The van der Waals surface area contributed by atoms with Crippen molar-refractivity contribution < 1.29 is 14.4 Å². The van der Waals surface area contributed by atoms with Crippen LogP contribution < -0.4 is 16.6 Å². The minimum absolute atomic E-state index is 0.198. The maximum Gasteiger partial charge on any atom is 0.258 e. The molecule has 4 N–H and O–H groups in total. The second-order valence-corrected chi connectivity index (χ2v) is 4.89. The summed E-state index contributed by atoms with van der Waals surface area (Å²) in [5.74, 6) is 3.82. The van der Waals surface area contributed by atoms with Crippen LogP contribution in [0, 0.1) is 0 Å². The van der Waals surface area contributed by atoms with E-state index >= 15 is 0 Å². The third-order valence-corrected chi connectivity index (χ3v) is 3.24. The summed E-state index contributed by atoms with van der Waals surface area (Å²) in [7, 11) is 0. The Bertz CT molecular complexity index is 584. The molecule has 106 valence electrons. The number of hydrazine groups is 1. The lowest BCUT2D eigenvalue weighted by Gasteiger charge is -2.40. The molecule has 1 saturated heterocycles. The Labute approximate surface area is 115 Å². The van der Waals surface area contributed by atoms with Crippen LogP contribution in [0.3, 0.4) is 0 Å². The minimum Gasteiger partial charge on any atom is -0.323 e. The van der Waals surface area contributed by atoms with E-state index in [1.807, 2.05) is 0 Å². The van der Waals surface area contributed by atoms with Crippen LogP contribution >= 0.6 is 0 Å². The van der Waals surface area contributed by atoms with E-state index in [2.05, 4.69) is 15.7 Å². The number of nitrogens with two attached hydrogens (primary N) is 1. The van der Waals surface area contributed by atoms with Crippen LogP contribution in [0.4, 0.5) is 5.69 Å². The van der Waals surface area contributed by atoms with Gasteiger partial charge in [0.1, 0.15) is 12.1 Å². The molecule has 8 nitrogen and oxygen atoms in total. The predicted octanol–water partition coefficient (Wildman–Crippen LogP) is -0.756. The highest BCUT2D eigenvalue weighted by Crippen LogP contribution is 2.23. The number of aromatic nitrogens is 1. The molecule has 1 fully saturated rings. The second-order valence-electron chi connectivity index (χ2n) is 4.89. The van der Waals surface area contributed by atoms with Crippen molar-refractivity contribution in [2.24, 2.45) is 5.84 Å². The van der Waals surface area contributed by atoms with Crippen molar-refractivity contribution in [2.45, 2.75) is 19.4 Å². The van der Waals surface area contributed by atoms with Gasteiger partial charge < -0.3 is 10.3 Å². The molecule has 0 saturated carbocycles. The molecule has 1 aliphatic rings. The number of nitrogen functional groups attached to an aromatic ring is 1. The second kappa shape index (κ2) is 4.89. The van der Waals surface area contributed by atoms with E-state index in [1.165, 1.54) is 23.4 Å². The van der Waals surface area contributed by atoms with Crippen LogP contribution in [0.15, 0.2) is 18.5 Å². The van der Waals surface area contributed by atoms with Gasteiger partial charge in [-0.3, -0.25) is 30.5 Å². The first-order chi connectivity index (χ1) is 9.37. The molecular formula is C12H15N5O3. The summed E-state index contributed by atoms with van der Waals surface area (Å²) in [5.41, 5.74) is 1.83. The van der Waals surface area contributed by atoms with E-state index in [0.717, 1.165) is 0 Å². The van der Waals surface area contributed by atoms with Crippen LogP contribution in [0.5, 0.6) is 0 Å². The molecule has 0 atom stereocenters. The summed E-state index contributed by atoms with van der Waals surface area (Å²) in [6, 6.07) is 1.53. The molecule has 2 heterocycles. The molecule has 2 rings (SSSR count). The standard InChI is InChI=1S/C12H15N5O3/c1-12(2)11(20)15-9(18)6-17(12)10(19)7-5-14-4-3-8(7)16-13/h3-5H,6,13H2,1-2H3,(H,14,16)(H,15,18,20). The van der Waals surface area contributed by atoms with E-state index in [4.69, 9.17) is 5.84 Å². The van der Waals surface area contributed by atoms with Crippen molar-refractivity contribution in [1.82, 2.24) is 15.2 Å². The van der Waals surface area contributed by atoms with Gasteiger partial charge in [0.05, 0.1) is 11.3 Å². The number of nitrogens with one attached hydrogen (secondary N) is 2. The lowest BCUT2D eigenvalue weighted by Crippen LogP contribution is -2.65. The highest BCUT2D eigenvalue weighted by molar-refractivity contribution is 6.10. The molecule has 0 spiro atoms. The van der Waals surface area contributed by atoms with E-state index in [9.17, 15) is 14.4 Å². The molecule has 20 heavy (non-hydrogen) atoms. The van der Waals surface area contributed by atoms with Crippen molar-refractivity contribution in [3.8, 4) is 0 Å². The number of anilines is 1. The molecule has 0 radical (unpaired) electrons. The third-order valence-electron chi connectivity index (χ3n) is 3.24. The van der Waals surface area contributed by atoms with Crippen molar-refractivity contribution in [2.75, 3.05) is 12.0 Å². The quantitative estimate of drug-likeness (QED) is 0.372. The zero-order chi connectivity index (χ0) is 14.9. The minimum atomic E-state index is -1.13. The van der Waals surface area contributed by atoms with Gasteiger partial charge in [-0.05, 0) is 19.9 Å². The Balaban J connectivity index is 2.41. The smallest absolute Gasteiger partial charge is 0.258 e. The van der Waals surface area contributed by atoms with Crippen molar-refractivity contribution in [3.63, 3.8) is 0 Å². The Morgan fingerprint density at radius 3 is 2.85 bits per heavy atom. The van der Waals surface area contributed by atoms with E-state index in [1.54, 1.807) is 13.8 Å². The van der Waals surface area contributed by atoms with Crippen LogP contribution in [0.1, 0.15) is 24.2 Å². The summed E-state index contributed by atoms with van der Waals surface area (Å²) in [6.07, 6.45) is 2.82. The first-order valence-corrected chi connectivity index (χ1v) is 5.95. The zero-order valence-electron chi connectivity index (χ0n) is 11.1. The van der Waals surface area contributed by atoms with Gasteiger partial charge >= 0.3 is 0 Å². The van der Waals surface area contributed by atoms with Crippen LogP contribution in [-0.4, -0.2) is 39.7 Å². The lowest BCUT2D eigenvalue weighted by atomic mass is 9.97. The molecule has 0 bridgehead atoms. The van der Waals surface area contributed by atoms with Crippen molar-refractivity contribution in [3.05, 3.63) is 24.0 Å². The molecule has 3 amide bonds. The van der Waals surface area contributed by atoms with Gasteiger partial charge in [0.15, 0.2) is 0 Å². The number of hydrogen-bond acceptors (Lipinski definition) is 6. The van der Waals surface area contributed by atoms with Crippen LogP contribution in [-0.2, 0) is 9.59 Å². The van der Waals surface area contributed by atoms with Crippen LogP contribution in [0.25, 0.3) is 0 Å². The molecule has 8 heteroatoms. The topological polar surface area (TPSA) is 117 Å². The van der Waals surface area contributed by atoms with Gasteiger partial charge in [-0.1, -0.05) is 0 Å². The summed E-state index contributed by atoms with van der Waals surface area (Å²) in [6.45, 7) is 2.94. The Kier molecular flexibility index (Phi) is 3.41. The number of hydrogen-bond donors (Lipinski definition) is 3. The summed E-state index contributed by atoms with van der Waals surface area (Å²) in [5, 5.41) is 2.21. The molecule has 1 aromatic rings. The highest BCUT2D eigenvalue weighted by atomic mass is 16.2. The van der Waals surface area contributed by atoms with Gasteiger partial charge in [0.2, 0.25) is 5.91 Å². The number of pyridine rings is 1. The molecule has 1 aliphatic heterocycles. The summed E-state index contributed by atoms with van der Waals surface area (Å²) >= 11 is 0. The van der Waals surface area contributed by atoms with Crippen molar-refractivity contribution >= 4 is 23.4 Å². The van der Waals surface area contributed by atoms with E-state index < -0.39 is 23.3 Å². The lowest BCUT2D eigenvalue weighted by molar-refractivity contribution is -0.143. The average molecular weight is 277 g/mol. The molecule has 0 aliphatic carbocycles. The van der Waals surface area contributed by atoms with E-state index in [0.29, 0.717) is 5.69 Å². The number of rotatable bonds is 2. The number of imide groups is 1. The fourth-order valence-corrected chi connectivity index (χ4v) is 1.94. The molecule has 0 aromatic carbocycles. The SMILES string of the molecule is CC1(C)C(=O)NC(=O)CN1C(=O)c1cnccc1NN. The average Bonchev–Trinajstić information content (AvgIpc) is 2.42. The summed E-state index contributed by atoms with van der Waals surface area (Å²) < 4.78 is 0.